The number of nitrogens with zero attached hydrogens (tertiary/aromatic N) is 3. The van der Waals surface area contributed by atoms with Crippen molar-refractivity contribution in [3.05, 3.63) is 17.5 Å². The maximum Gasteiger partial charge on any atom is 0.240 e. The summed E-state index contributed by atoms with van der Waals surface area (Å²) in [6, 6.07) is 0. The highest BCUT2D eigenvalue weighted by Gasteiger charge is 2.34. The third-order valence-corrected chi connectivity index (χ3v) is 4.23. The molecule has 0 spiro atoms. The van der Waals surface area contributed by atoms with Crippen molar-refractivity contribution in [1.29, 1.82) is 0 Å². The number of piperazine rings is 1. The molecule has 21 heavy (non-hydrogen) atoms. The largest absolute Gasteiger partial charge is 0.350 e. The fraction of sp³-hybridized carbons (Fsp3) is 0.733. The molecular weight excluding hydrogens is 266 g/mol. The van der Waals surface area contributed by atoms with Gasteiger partial charge < -0.3 is 10.6 Å². The first kappa shape index (κ1) is 16.0. The fourth-order valence-corrected chi connectivity index (χ4v) is 2.79. The molecule has 0 saturated carbocycles. The van der Waals surface area contributed by atoms with E-state index in [1.165, 1.54) is 0 Å². The summed E-state index contributed by atoms with van der Waals surface area (Å²) in [6.07, 6.45) is 2.87. The molecule has 1 fully saturated rings. The number of aromatic nitrogens is 2. The highest BCUT2D eigenvalue weighted by atomic mass is 16.2. The summed E-state index contributed by atoms with van der Waals surface area (Å²) in [7, 11) is 1.91. The highest BCUT2D eigenvalue weighted by molar-refractivity contribution is 5.85. The second kappa shape index (κ2) is 6.58. The number of hydrogen-bond acceptors (Lipinski definition) is 4. The molecule has 118 valence electrons. The van der Waals surface area contributed by atoms with Crippen molar-refractivity contribution in [3.8, 4) is 0 Å². The third-order valence-electron chi connectivity index (χ3n) is 4.23. The van der Waals surface area contributed by atoms with Crippen LogP contribution in [0.5, 0.6) is 0 Å². The van der Waals surface area contributed by atoms with Crippen molar-refractivity contribution < 1.29 is 4.79 Å². The van der Waals surface area contributed by atoms with Gasteiger partial charge in [-0.2, -0.15) is 5.10 Å². The number of carbonyl (C=O) groups is 1. The number of amides is 1. The Morgan fingerprint density at radius 2 is 2.10 bits per heavy atom. The van der Waals surface area contributed by atoms with Gasteiger partial charge in [-0.3, -0.25) is 14.4 Å². The van der Waals surface area contributed by atoms with Crippen molar-refractivity contribution in [3.63, 3.8) is 0 Å². The third kappa shape index (κ3) is 3.63. The van der Waals surface area contributed by atoms with Gasteiger partial charge in [0.15, 0.2) is 0 Å². The Hall–Kier alpha value is -1.40. The lowest BCUT2D eigenvalue weighted by atomic mass is 10.0. The molecule has 1 aliphatic rings. The average Bonchev–Trinajstić information content (AvgIpc) is 2.85. The average molecular weight is 293 g/mol. The minimum atomic E-state index is -0.476. The maximum absolute atomic E-state index is 12.5. The molecule has 1 aromatic heterocycles. The molecule has 0 atom stereocenters. The molecule has 0 radical (unpaired) electrons. The van der Waals surface area contributed by atoms with Gasteiger partial charge in [0.25, 0.3) is 0 Å². The summed E-state index contributed by atoms with van der Waals surface area (Å²) >= 11 is 0. The van der Waals surface area contributed by atoms with Gasteiger partial charge in [0, 0.05) is 51.5 Å². The summed E-state index contributed by atoms with van der Waals surface area (Å²) in [5, 5.41) is 10.8. The van der Waals surface area contributed by atoms with Crippen LogP contribution in [-0.2, 0) is 24.8 Å². The maximum atomic E-state index is 12.5. The first-order valence-corrected chi connectivity index (χ1v) is 7.70. The van der Waals surface area contributed by atoms with Crippen LogP contribution in [0, 0.1) is 0 Å². The molecule has 0 aliphatic carbocycles. The quantitative estimate of drug-likeness (QED) is 0.819. The van der Waals surface area contributed by atoms with Crippen molar-refractivity contribution in [2.45, 2.75) is 39.3 Å². The van der Waals surface area contributed by atoms with Gasteiger partial charge in [-0.15, -0.1) is 0 Å². The SMILES string of the molecule is CCc1nn(C)cc1CNC(=O)C(C)(C)N1CCNCC1. The van der Waals surface area contributed by atoms with Crippen molar-refractivity contribution in [1.82, 2.24) is 25.3 Å². The Balaban J connectivity index is 1.96. The van der Waals surface area contributed by atoms with Crippen LogP contribution in [0.25, 0.3) is 0 Å². The van der Waals surface area contributed by atoms with Gasteiger partial charge >= 0.3 is 0 Å². The van der Waals surface area contributed by atoms with E-state index in [9.17, 15) is 4.79 Å². The molecule has 1 aromatic rings. The van der Waals surface area contributed by atoms with Gasteiger partial charge in [-0.25, -0.2) is 0 Å². The Morgan fingerprint density at radius 1 is 1.43 bits per heavy atom. The van der Waals surface area contributed by atoms with E-state index in [1.54, 1.807) is 0 Å². The standard InChI is InChI=1S/C15H27N5O/c1-5-13-12(11-19(4)18-13)10-17-14(21)15(2,3)20-8-6-16-7-9-20/h11,16H,5-10H2,1-4H3,(H,17,21). The van der Waals surface area contributed by atoms with E-state index < -0.39 is 5.54 Å². The molecule has 2 heterocycles. The molecule has 1 amide bonds. The lowest BCUT2D eigenvalue weighted by molar-refractivity contribution is -0.132. The molecule has 6 nitrogen and oxygen atoms in total. The second-order valence-corrected chi connectivity index (χ2v) is 6.11. The lowest BCUT2D eigenvalue weighted by Crippen LogP contribution is -2.59. The van der Waals surface area contributed by atoms with Crippen LogP contribution < -0.4 is 10.6 Å². The second-order valence-electron chi connectivity index (χ2n) is 6.11. The fourth-order valence-electron chi connectivity index (χ4n) is 2.79. The first-order chi connectivity index (χ1) is 9.95. The van der Waals surface area contributed by atoms with E-state index >= 15 is 0 Å². The molecule has 2 N–H and O–H groups in total. The van der Waals surface area contributed by atoms with E-state index in [0.29, 0.717) is 6.54 Å². The van der Waals surface area contributed by atoms with Crippen LogP contribution in [-0.4, -0.2) is 52.3 Å². The molecule has 0 bridgehead atoms. The first-order valence-electron chi connectivity index (χ1n) is 7.70. The zero-order valence-electron chi connectivity index (χ0n) is 13.6. The normalized spacial score (nSPS) is 17.0. The van der Waals surface area contributed by atoms with Gasteiger partial charge in [0.2, 0.25) is 5.91 Å². The molecule has 0 unspecified atom stereocenters. The van der Waals surface area contributed by atoms with Crippen molar-refractivity contribution in [2.75, 3.05) is 26.2 Å². The van der Waals surface area contributed by atoms with Gasteiger partial charge in [-0.1, -0.05) is 6.92 Å². The van der Waals surface area contributed by atoms with Gasteiger partial charge in [0.05, 0.1) is 11.2 Å². The van der Waals surface area contributed by atoms with Crippen molar-refractivity contribution in [2.24, 2.45) is 7.05 Å². The summed E-state index contributed by atoms with van der Waals surface area (Å²) < 4.78 is 1.81. The molecular formula is C15H27N5O. The van der Waals surface area contributed by atoms with Crippen LogP contribution in [0.15, 0.2) is 6.20 Å². The smallest absolute Gasteiger partial charge is 0.240 e. The summed E-state index contributed by atoms with van der Waals surface area (Å²) in [6.45, 7) is 10.3. The highest BCUT2D eigenvalue weighted by Crippen LogP contribution is 2.16. The van der Waals surface area contributed by atoms with E-state index in [-0.39, 0.29) is 5.91 Å². The monoisotopic (exact) mass is 293 g/mol. The van der Waals surface area contributed by atoms with Crippen LogP contribution in [0.4, 0.5) is 0 Å². The lowest BCUT2D eigenvalue weighted by Gasteiger charge is -2.39. The predicted octanol–water partition coefficient (Wildman–Crippen LogP) is 0.283. The minimum Gasteiger partial charge on any atom is -0.350 e. The van der Waals surface area contributed by atoms with Crippen LogP contribution in [0.2, 0.25) is 0 Å². The van der Waals surface area contributed by atoms with E-state index in [1.807, 2.05) is 31.8 Å². The number of carbonyl (C=O) groups excluding carboxylic acids is 1. The topological polar surface area (TPSA) is 62.2 Å². The predicted molar refractivity (Wildman–Crippen MR) is 83.0 cm³/mol. The molecule has 2 rings (SSSR count). The molecule has 1 saturated heterocycles. The van der Waals surface area contributed by atoms with E-state index in [2.05, 4.69) is 27.6 Å². The van der Waals surface area contributed by atoms with E-state index in [4.69, 9.17) is 0 Å². The molecule has 1 aliphatic heterocycles. The molecule has 6 heteroatoms. The van der Waals surface area contributed by atoms with Crippen LogP contribution >= 0.6 is 0 Å². The van der Waals surface area contributed by atoms with Crippen LogP contribution in [0.1, 0.15) is 32.0 Å². The number of nitrogens with one attached hydrogen (secondary N) is 2. The Labute approximate surface area is 126 Å². The molecule has 0 aromatic carbocycles. The summed E-state index contributed by atoms with van der Waals surface area (Å²) in [5.41, 5.74) is 1.68. The summed E-state index contributed by atoms with van der Waals surface area (Å²) in [5.74, 6) is 0.0790. The number of hydrogen-bond donors (Lipinski definition) is 2. The number of aryl methyl sites for hydroxylation is 2. The van der Waals surface area contributed by atoms with Crippen molar-refractivity contribution >= 4 is 5.91 Å². The van der Waals surface area contributed by atoms with E-state index in [0.717, 1.165) is 43.9 Å². The minimum absolute atomic E-state index is 0.0790. The zero-order chi connectivity index (χ0) is 15.5. The number of rotatable bonds is 5. The van der Waals surface area contributed by atoms with Gasteiger partial charge in [-0.05, 0) is 20.3 Å². The zero-order valence-corrected chi connectivity index (χ0v) is 13.6. The van der Waals surface area contributed by atoms with Crippen LogP contribution in [0.3, 0.4) is 0 Å². The van der Waals surface area contributed by atoms with Gasteiger partial charge in [0.1, 0.15) is 0 Å². The Kier molecular flexibility index (Phi) is 5.00. The summed E-state index contributed by atoms with van der Waals surface area (Å²) in [4.78, 5) is 14.8. The Morgan fingerprint density at radius 3 is 2.71 bits per heavy atom. The Bertz CT molecular complexity index is 488.